The average Bonchev–Trinajstić information content (AvgIpc) is 2.97. The first-order chi connectivity index (χ1) is 7.50. The molecule has 4 nitrogen and oxygen atoms in total. The molecule has 0 radical (unpaired) electrons. The first kappa shape index (κ1) is 11.4. The lowest BCUT2D eigenvalue weighted by atomic mass is 10.0. The van der Waals surface area contributed by atoms with Crippen molar-refractivity contribution in [3.8, 4) is 0 Å². The van der Waals surface area contributed by atoms with Gasteiger partial charge < -0.3 is 10.2 Å². The fourth-order valence-corrected chi connectivity index (χ4v) is 2.37. The molecule has 2 amide bonds. The Kier molecular flexibility index (Phi) is 2.91. The molecule has 0 bridgehead atoms. The van der Waals surface area contributed by atoms with Crippen molar-refractivity contribution < 1.29 is 9.59 Å². The van der Waals surface area contributed by atoms with Crippen molar-refractivity contribution in [1.82, 2.24) is 10.2 Å². The molecule has 90 valence electrons. The molecule has 0 aromatic rings. The molecule has 2 unspecified atom stereocenters. The highest BCUT2D eigenvalue weighted by Crippen LogP contribution is 2.37. The minimum absolute atomic E-state index is 0.0373. The molecule has 4 heteroatoms. The zero-order valence-electron chi connectivity index (χ0n) is 10.2. The Bertz CT molecular complexity index is 310. The standard InChI is InChI=1S/C12H20N2O2/c1-7(2)6-14-10(9-4-5-9)11(15)13-8(3)12(14)16/h7-10H,4-6H2,1-3H3,(H,13,15). The number of nitrogens with one attached hydrogen (secondary N) is 1. The smallest absolute Gasteiger partial charge is 0.245 e. The minimum Gasteiger partial charge on any atom is -0.343 e. The van der Waals surface area contributed by atoms with Crippen molar-refractivity contribution in [3.05, 3.63) is 0 Å². The molecule has 2 fully saturated rings. The molecule has 1 aliphatic heterocycles. The molecule has 0 aromatic heterocycles. The van der Waals surface area contributed by atoms with Crippen molar-refractivity contribution in [2.45, 2.75) is 45.7 Å². The summed E-state index contributed by atoms with van der Waals surface area (Å²) < 4.78 is 0. The van der Waals surface area contributed by atoms with E-state index in [0.29, 0.717) is 18.4 Å². The van der Waals surface area contributed by atoms with Crippen LogP contribution in [0.2, 0.25) is 0 Å². The Morgan fingerprint density at radius 1 is 1.38 bits per heavy atom. The number of piperazine rings is 1. The molecule has 1 heterocycles. The summed E-state index contributed by atoms with van der Waals surface area (Å²) in [5.74, 6) is 0.916. The second kappa shape index (κ2) is 4.07. The molecule has 2 atom stereocenters. The third kappa shape index (κ3) is 2.06. The van der Waals surface area contributed by atoms with Crippen LogP contribution < -0.4 is 5.32 Å². The van der Waals surface area contributed by atoms with Crippen molar-refractivity contribution in [2.24, 2.45) is 11.8 Å². The quantitative estimate of drug-likeness (QED) is 0.769. The van der Waals surface area contributed by atoms with Gasteiger partial charge in [0.15, 0.2) is 0 Å². The Hall–Kier alpha value is -1.06. The van der Waals surface area contributed by atoms with Crippen LogP contribution in [0.1, 0.15) is 33.6 Å². The van der Waals surface area contributed by atoms with Gasteiger partial charge in [0.1, 0.15) is 12.1 Å². The van der Waals surface area contributed by atoms with Crippen molar-refractivity contribution in [2.75, 3.05) is 6.54 Å². The van der Waals surface area contributed by atoms with E-state index in [1.165, 1.54) is 0 Å². The van der Waals surface area contributed by atoms with Crippen LogP contribution in [-0.4, -0.2) is 35.3 Å². The number of hydrogen-bond acceptors (Lipinski definition) is 2. The van der Waals surface area contributed by atoms with Crippen LogP contribution in [-0.2, 0) is 9.59 Å². The van der Waals surface area contributed by atoms with Crippen LogP contribution in [0.4, 0.5) is 0 Å². The first-order valence-electron chi connectivity index (χ1n) is 6.11. The maximum atomic E-state index is 12.1. The molecule has 2 rings (SSSR count). The number of carbonyl (C=O) groups excluding carboxylic acids is 2. The first-order valence-corrected chi connectivity index (χ1v) is 6.11. The maximum absolute atomic E-state index is 12.1. The molecule has 1 N–H and O–H groups in total. The van der Waals surface area contributed by atoms with Crippen LogP contribution >= 0.6 is 0 Å². The lowest BCUT2D eigenvalue weighted by molar-refractivity contribution is -0.150. The highest BCUT2D eigenvalue weighted by molar-refractivity contribution is 5.97. The second-order valence-corrected chi connectivity index (χ2v) is 5.40. The number of amides is 2. The fourth-order valence-electron chi connectivity index (χ4n) is 2.37. The molecule has 16 heavy (non-hydrogen) atoms. The Morgan fingerprint density at radius 3 is 2.50 bits per heavy atom. The summed E-state index contributed by atoms with van der Waals surface area (Å²) >= 11 is 0. The summed E-state index contributed by atoms with van der Waals surface area (Å²) in [7, 11) is 0. The summed E-state index contributed by atoms with van der Waals surface area (Å²) in [6.45, 7) is 6.61. The summed E-state index contributed by atoms with van der Waals surface area (Å²) in [5, 5.41) is 2.77. The van der Waals surface area contributed by atoms with Crippen molar-refractivity contribution in [1.29, 1.82) is 0 Å². The van der Waals surface area contributed by atoms with Gasteiger partial charge in [-0.3, -0.25) is 9.59 Å². The third-order valence-electron chi connectivity index (χ3n) is 3.25. The van der Waals surface area contributed by atoms with Gasteiger partial charge in [0.2, 0.25) is 11.8 Å². The molecule has 0 aromatic carbocycles. The van der Waals surface area contributed by atoms with Crippen molar-refractivity contribution >= 4 is 11.8 Å². The van der Waals surface area contributed by atoms with Crippen molar-refractivity contribution in [3.63, 3.8) is 0 Å². The van der Waals surface area contributed by atoms with E-state index in [1.54, 1.807) is 11.8 Å². The van der Waals surface area contributed by atoms with Crippen LogP contribution in [0, 0.1) is 11.8 Å². The third-order valence-corrected chi connectivity index (χ3v) is 3.25. The van der Waals surface area contributed by atoms with E-state index in [-0.39, 0.29) is 23.9 Å². The predicted octanol–water partition coefficient (Wildman–Crippen LogP) is 0.768. The number of nitrogens with zero attached hydrogens (tertiary/aromatic N) is 1. The molecule has 0 spiro atoms. The lowest BCUT2D eigenvalue weighted by Crippen LogP contribution is -2.63. The van der Waals surface area contributed by atoms with Gasteiger partial charge in [-0.2, -0.15) is 0 Å². The topological polar surface area (TPSA) is 49.4 Å². The highest BCUT2D eigenvalue weighted by Gasteiger charge is 2.46. The summed E-state index contributed by atoms with van der Waals surface area (Å²) in [5.41, 5.74) is 0. The average molecular weight is 224 g/mol. The van der Waals surface area contributed by atoms with Gasteiger partial charge in [-0.25, -0.2) is 0 Å². The van der Waals surface area contributed by atoms with Gasteiger partial charge in [0, 0.05) is 6.54 Å². The van der Waals surface area contributed by atoms with E-state index >= 15 is 0 Å². The van der Waals surface area contributed by atoms with E-state index in [0.717, 1.165) is 12.8 Å². The van der Waals surface area contributed by atoms with E-state index < -0.39 is 0 Å². The number of rotatable bonds is 3. The van der Waals surface area contributed by atoms with Crippen LogP contribution in [0.3, 0.4) is 0 Å². The number of hydrogen-bond donors (Lipinski definition) is 1. The second-order valence-electron chi connectivity index (χ2n) is 5.40. The van der Waals surface area contributed by atoms with Gasteiger partial charge in [0.05, 0.1) is 0 Å². The Balaban J connectivity index is 2.17. The summed E-state index contributed by atoms with van der Waals surface area (Å²) in [4.78, 5) is 25.8. The lowest BCUT2D eigenvalue weighted by Gasteiger charge is -2.39. The van der Waals surface area contributed by atoms with E-state index in [1.807, 2.05) is 0 Å². The highest BCUT2D eigenvalue weighted by atomic mass is 16.2. The van der Waals surface area contributed by atoms with Gasteiger partial charge >= 0.3 is 0 Å². The van der Waals surface area contributed by atoms with Gasteiger partial charge in [-0.05, 0) is 31.6 Å². The van der Waals surface area contributed by atoms with Gasteiger partial charge in [-0.15, -0.1) is 0 Å². The van der Waals surface area contributed by atoms with Crippen LogP contribution in [0.5, 0.6) is 0 Å². The molecular weight excluding hydrogens is 204 g/mol. The largest absolute Gasteiger partial charge is 0.343 e. The Morgan fingerprint density at radius 2 is 2.00 bits per heavy atom. The summed E-state index contributed by atoms with van der Waals surface area (Å²) in [6.07, 6.45) is 2.16. The Labute approximate surface area is 96.4 Å². The fraction of sp³-hybridized carbons (Fsp3) is 0.833. The van der Waals surface area contributed by atoms with Crippen LogP contribution in [0.25, 0.3) is 0 Å². The SMILES string of the molecule is CC(C)CN1C(=O)C(C)NC(=O)C1C1CC1. The maximum Gasteiger partial charge on any atom is 0.245 e. The molecular formula is C12H20N2O2. The normalized spacial score (nSPS) is 30.9. The zero-order valence-corrected chi connectivity index (χ0v) is 10.2. The predicted molar refractivity (Wildman–Crippen MR) is 60.7 cm³/mol. The zero-order chi connectivity index (χ0) is 11.9. The van der Waals surface area contributed by atoms with Gasteiger partial charge in [-0.1, -0.05) is 13.8 Å². The number of carbonyl (C=O) groups is 2. The molecule has 1 saturated heterocycles. The van der Waals surface area contributed by atoms with E-state index in [2.05, 4.69) is 19.2 Å². The minimum atomic E-state index is -0.360. The molecule has 1 aliphatic carbocycles. The van der Waals surface area contributed by atoms with E-state index in [4.69, 9.17) is 0 Å². The van der Waals surface area contributed by atoms with E-state index in [9.17, 15) is 9.59 Å². The molecule has 2 aliphatic rings. The van der Waals surface area contributed by atoms with Crippen LogP contribution in [0.15, 0.2) is 0 Å². The molecule has 1 saturated carbocycles. The summed E-state index contributed by atoms with van der Waals surface area (Å²) in [6, 6.07) is -0.563. The van der Waals surface area contributed by atoms with Gasteiger partial charge in [0.25, 0.3) is 0 Å². The monoisotopic (exact) mass is 224 g/mol.